The number of aryl methyl sites for hydroxylation is 1. The van der Waals surface area contributed by atoms with Crippen LogP contribution in [-0.2, 0) is 19.6 Å². The maximum Gasteiger partial charge on any atom is 0.257 e. The summed E-state index contributed by atoms with van der Waals surface area (Å²) in [6.45, 7) is 2.02. The molecule has 0 spiro atoms. The van der Waals surface area contributed by atoms with Crippen LogP contribution in [0, 0.1) is 5.95 Å². The van der Waals surface area contributed by atoms with E-state index in [1.54, 1.807) is 6.92 Å². The Kier molecular flexibility index (Phi) is 5.87. The van der Waals surface area contributed by atoms with Crippen molar-refractivity contribution < 1.29 is 13.2 Å². The highest BCUT2D eigenvalue weighted by atomic mass is 35.5. The summed E-state index contributed by atoms with van der Waals surface area (Å²) >= 11 is 0. The lowest BCUT2D eigenvalue weighted by atomic mass is 10.3. The highest BCUT2D eigenvalue weighted by molar-refractivity contribution is 5.85. The number of nitrogens with one attached hydrogen (secondary N) is 1. The van der Waals surface area contributed by atoms with E-state index >= 15 is 0 Å². The van der Waals surface area contributed by atoms with Crippen LogP contribution in [0.4, 0.5) is 18.9 Å². The minimum absolute atomic E-state index is 0. The fraction of sp³-hybridized carbons (Fsp3) is 0.455. The van der Waals surface area contributed by atoms with Crippen LogP contribution in [0.3, 0.4) is 0 Å². The second-order valence-corrected chi connectivity index (χ2v) is 3.97. The molecule has 112 valence electrons. The molecule has 0 fully saturated rings. The molecule has 0 radical (unpaired) electrons. The van der Waals surface area contributed by atoms with Crippen molar-refractivity contribution in [3.05, 3.63) is 30.1 Å². The number of hydrogen-bond acceptors (Lipinski definition) is 3. The van der Waals surface area contributed by atoms with Gasteiger partial charge in [-0.3, -0.25) is 4.68 Å². The zero-order valence-electron chi connectivity index (χ0n) is 10.8. The van der Waals surface area contributed by atoms with Gasteiger partial charge in [-0.15, -0.1) is 12.4 Å². The quantitative estimate of drug-likeness (QED) is 0.892. The van der Waals surface area contributed by atoms with Crippen molar-refractivity contribution in [2.45, 2.75) is 33.0 Å². The van der Waals surface area contributed by atoms with E-state index in [1.165, 1.54) is 23.3 Å². The van der Waals surface area contributed by atoms with Crippen LogP contribution in [0.1, 0.15) is 12.5 Å². The van der Waals surface area contributed by atoms with Crippen LogP contribution in [0.25, 0.3) is 0 Å². The molecule has 2 rings (SSSR count). The van der Waals surface area contributed by atoms with Gasteiger partial charge < -0.3 is 5.32 Å². The highest BCUT2D eigenvalue weighted by Gasteiger charge is 2.10. The van der Waals surface area contributed by atoms with Crippen LogP contribution in [-0.4, -0.2) is 26.0 Å². The molecule has 9 heteroatoms. The number of nitrogens with zero attached hydrogens (tertiary/aromatic N) is 4. The molecular weight excluding hydrogens is 295 g/mol. The molecular formula is C11H15ClF3N5. The van der Waals surface area contributed by atoms with E-state index in [4.69, 9.17) is 0 Å². The molecule has 0 saturated heterocycles. The Morgan fingerprint density at radius 2 is 2.05 bits per heavy atom. The Morgan fingerprint density at radius 3 is 2.65 bits per heavy atom. The number of alkyl halides is 2. The summed E-state index contributed by atoms with van der Waals surface area (Å²) in [5.41, 5.74) is 0.979. The summed E-state index contributed by atoms with van der Waals surface area (Å²) in [5.74, 6) is -0.394. The van der Waals surface area contributed by atoms with Gasteiger partial charge in [-0.1, -0.05) is 0 Å². The number of aromatic nitrogens is 4. The number of rotatable bonds is 6. The minimum Gasteiger partial charge on any atom is -0.378 e. The standard InChI is InChI=1S/C11H14F3N5.ClH/c1-2-19-11(14)8(4-17-19)3-15-9-5-16-18(6-9)7-10(12)13;/h4-6,10,15H,2-3,7H2,1H3;1H. The molecule has 2 heterocycles. The highest BCUT2D eigenvalue weighted by Crippen LogP contribution is 2.11. The van der Waals surface area contributed by atoms with Gasteiger partial charge in [0, 0.05) is 24.8 Å². The van der Waals surface area contributed by atoms with E-state index < -0.39 is 18.9 Å². The molecule has 0 aliphatic heterocycles. The number of halogens is 4. The molecule has 0 aromatic carbocycles. The number of hydrogen-bond donors (Lipinski definition) is 1. The lowest BCUT2D eigenvalue weighted by Crippen LogP contribution is -2.06. The Bertz CT molecular complexity index is 540. The van der Waals surface area contributed by atoms with Crippen molar-refractivity contribution in [2.75, 3.05) is 5.32 Å². The molecule has 2 aromatic heterocycles. The van der Waals surface area contributed by atoms with E-state index in [0.717, 1.165) is 4.68 Å². The van der Waals surface area contributed by atoms with Gasteiger partial charge in [-0.05, 0) is 6.92 Å². The van der Waals surface area contributed by atoms with E-state index in [1.807, 2.05) is 0 Å². The SMILES string of the molecule is CCn1ncc(CNc2cnn(CC(F)F)c2)c1F.Cl. The average molecular weight is 310 g/mol. The third kappa shape index (κ3) is 3.89. The molecule has 2 aromatic rings. The first-order chi connectivity index (χ1) is 9.10. The zero-order valence-corrected chi connectivity index (χ0v) is 11.6. The first-order valence-corrected chi connectivity index (χ1v) is 5.84. The Hall–Kier alpha value is -1.70. The van der Waals surface area contributed by atoms with Crippen LogP contribution in [0.5, 0.6) is 0 Å². The summed E-state index contributed by atoms with van der Waals surface area (Å²) < 4.78 is 40.3. The molecule has 0 atom stereocenters. The van der Waals surface area contributed by atoms with E-state index in [9.17, 15) is 13.2 Å². The van der Waals surface area contributed by atoms with Gasteiger partial charge in [0.15, 0.2) is 0 Å². The third-order valence-electron chi connectivity index (χ3n) is 2.59. The molecule has 0 aliphatic carbocycles. The molecule has 0 amide bonds. The van der Waals surface area contributed by atoms with E-state index in [0.29, 0.717) is 17.8 Å². The minimum atomic E-state index is -2.45. The van der Waals surface area contributed by atoms with Crippen molar-refractivity contribution >= 4 is 18.1 Å². The molecule has 1 N–H and O–H groups in total. The van der Waals surface area contributed by atoms with Crippen molar-refractivity contribution in [1.29, 1.82) is 0 Å². The molecule has 0 saturated carbocycles. The third-order valence-corrected chi connectivity index (χ3v) is 2.59. The molecule has 5 nitrogen and oxygen atoms in total. The van der Waals surface area contributed by atoms with Gasteiger partial charge in [0.2, 0.25) is 5.95 Å². The maximum absolute atomic E-state index is 13.7. The smallest absolute Gasteiger partial charge is 0.257 e. The Labute approximate surface area is 120 Å². The van der Waals surface area contributed by atoms with Crippen LogP contribution in [0.15, 0.2) is 18.6 Å². The van der Waals surface area contributed by atoms with Crippen molar-refractivity contribution in [3.63, 3.8) is 0 Å². The Balaban J connectivity index is 0.00000200. The van der Waals surface area contributed by atoms with Gasteiger partial charge in [0.05, 0.1) is 18.1 Å². The second kappa shape index (κ2) is 7.18. The monoisotopic (exact) mass is 309 g/mol. The summed E-state index contributed by atoms with van der Waals surface area (Å²) in [7, 11) is 0. The van der Waals surface area contributed by atoms with Gasteiger partial charge in [0.25, 0.3) is 6.43 Å². The lowest BCUT2D eigenvalue weighted by molar-refractivity contribution is 0.122. The van der Waals surface area contributed by atoms with Crippen LogP contribution in [0.2, 0.25) is 0 Å². The van der Waals surface area contributed by atoms with Crippen molar-refractivity contribution in [1.82, 2.24) is 19.6 Å². The first kappa shape index (κ1) is 16.4. The molecule has 20 heavy (non-hydrogen) atoms. The van der Waals surface area contributed by atoms with Crippen molar-refractivity contribution in [2.24, 2.45) is 0 Å². The molecule has 0 aliphatic rings. The average Bonchev–Trinajstić information content (AvgIpc) is 2.93. The van der Waals surface area contributed by atoms with Gasteiger partial charge >= 0.3 is 0 Å². The predicted molar refractivity (Wildman–Crippen MR) is 70.7 cm³/mol. The van der Waals surface area contributed by atoms with Crippen molar-refractivity contribution in [3.8, 4) is 0 Å². The van der Waals surface area contributed by atoms with Gasteiger partial charge in [-0.2, -0.15) is 14.6 Å². The summed E-state index contributed by atoms with van der Waals surface area (Å²) in [6, 6.07) is 0. The maximum atomic E-state index is 13.7. The summed E-state index contributed by atoms with van der Waals surface area (Å²) in [6.07, 6.45) is 1.86. The molecule has 0 bridgehead atoms. The summed E-state index contributed by atoms with van der Waals surface area (Å²) in [4.78, 5) is 0. The van der Waals surface area contributed by atoms with Gasteiger partial charge in [-0.25, -0.2) is 13.5 Å². The molecule has 0 unspecified atom stereocenters. The fourth-order valence-electron chi connectivity index (χ4n) is 1.64. The van der Waals surface area contributed by atoms with E-state index in [-0.39, 0.29) is 19.0 Å². The largest absolute Gasteiger partial charge is 0.378 e. The second-order valence-electron chi connectivity index (χ2n) is 3.97. The normalized spacial score (nSPS) is 10.7. The number of anilines is 1. The van der Waals surface area contributed by atoms with Crippen LogP contribution < -0.4 is 5.32 Å². The zero-order chi connectivity index (χ0) is 13.8. The predicted octanol–water partition coefficient (Wildman–Crippen LogP) is 2.54. The fourth-order valence-corrected chi connectivity index (χ4v) is 1.64. The van der Waals surface area contributed by atoms with Crippen LogP contribution >= 0.6 is 12.4 Å². The lowest BCUT2D eigenvalue weighted by Gasteiger charge is -2.02. The van der Waals surface area contributed by atoms with Gasteiger partial charge in [0.1, 0.15) is 6.54 Å². The first-order valence-electron chi connectivity index (χ1n) is 5.84. The topological polar surface area (TPSA) is 47.7 Å². The van der Waals surface area contributed by atoms with E-state index in [2.05, 4.69) is 15.5 Å². The Morgan fingerprint density at radius 1 is 1.30 bits per heavy atom. The summed E-state index contributed by atoms with van der Waals surface area (Å²) in [5, 5.41) is 10.6.